The van der Waals surface area contributed by atoms with Crippen LogP contribution in [0.25, 0.3) is 0 Å². The van der Waals surface area contributed by atoms with Gasteiger partial charge in [0.05, 0.1) is 26.2 Å². The molecule has 1 aliphatic heterocycles. The normalized spacial score (nSPS) is 16.7. The average Bonchev–Trinajstić information content (AvgIpc) is 2.61. The van der Waals surface area contributed by atoms with Crippen molar-refractivity contribution in [1.29, 1.82) is 0 Å². The molecule has 25 heavy (non-hydrogen) atoms. The molecule has 2 aromatic rings. The minimum Gasteiger partial charge on any atom is -0.360 e. The summed E-state index contributed by atoms with van der Waals surface area (Å²) in [5.74, 6) is 0. The number of hydrogen-bond acceptors (Lipinski definition) is 2. The van der Waals surface area contributed by atoms with Gasteiger partial charge in [0.1, 0.15) is 12.3 Å². The molecule has 0 bridgehead atoms. The number of hydrogen-bond donors (Lipinski definition) is 1. The molecule has 0 radical (unpaired) electrons. The topological polar surface area (TPSA) is 24.8 Å². The maximum absolute atomic E-state index is 10.9. The summed E-state index contributed by atoms with van der Waals surface area (Å²) in [5, 5.41) is 0. The van der Waals surface area contributed by atoms with Gasteiger partial charge in [-0.1, -0.05) is 23.8 Å². The number of rotatable bonds is 4. The Hall–Kier alpha value is -2.13. The fourth-order valence-electron chi connectivity index (χ4n) is 4.11. The summed E-state index contributed by atoms with van der Waals surface area (Å²) in [5.41, 5.74) is 7.43. The van der Waals surface area contributed by atoms with Crippen molar-refractivity contribution in [3.63, 3.8) is 0 Å². The molecule has 1 atom stereocenters. The molecule has 0 spiro atoms. The lowest BCUT2D eigenvalue weighted by Gasteiger charge is -2.37. The summed E-state index contributed by atoms with van der Waals surface area (Å²) < 4.78 is 0. The number of benzene rings is 2. The van der Waals surface area contributed by atoms with Crippen LogP contribution in [0.2, 0.25) is 0 Å². The quantitative estimate of drug-likeness (QED) is 0.868. The lowest BCUT2D eigenvalue weighted by Crippen LogP contribution is -3.14. The van der Waals surface area contributed by atoms with Crippen LogP contribution in [0.4, 0.5) is 5.69 Å². The van der Waals surface area contributed by atoms with Crippen LogP contribution in [0.15, 0.2) is 36.4 Å². The number of carbonyl (C=O) groups excluding carboxylic acids is 1. The van der Waals surface area contributed by atoms with E-state index >= 15 is 0 Å². The highest BCUT2D eigenvalue weighted by atomic mass is 16.1. The molecule has 132 valence electrons. The Balaban J connectivity index is 1.68. The van der Waals surface area contributed by atoms with Crippen molar-refractivity contribution in [3.8, 4) is 0 Å². The first-order valence-electron chi connectivity index (χ1n) is 9.22. The zero-order valence-corrected chi connectivity index (χ0v) is 15.8. The first kappa shape index (κ1) is 17.7. The van der Waals surface area contributed by atoms with Gasteiger partial charge in [0, 0.05) is 16.8 Å². The molecule has 3 rings (SSSR count). The number of aldehydes is 1. The Labute approximate surface area is 151 Å². The number of nitrogens with zero attached hydrogens (tertiary/aromatic N) is 1. The molecule has 0 saturated carbocycles. The van der Waals surface area contributed by atoms with Gasteiger partial charge >= 0.3 is 0 Å². The van der Waals surface area contributed by atoms with E-state index in [-0.39, 0.29) is 0 Å². The first-order valence-corrected chi connectivity index (χ1v) is 9.22. The molecule has 0 aromatic heterocycles. The molecule has 3 heteroatoms. The number of carbonyl (C=O) groups is 1. The van der Waals surface area contributed by atoms with Crippen molar-refractivity contribution in [1.82, 2.24) is 0 Å². The Morgan fingerprint density at radius 1 is 1.00 bits per heavy atom. The van der Waals surface area contributed by atoms with Crippen LogP contribution in [0.3, 0.4) is 0 Å². The van der Waals surface area contributed by atoms with Crippen LogP contribution in [0, 0.1) is 20.8 Å². The highest BCUT2D eigenvalue weighted by molar-refractivity contribution is 5.77. The summed E-state index contributed by atoms with van der Waals surface area (Å²) in [6, 6.07) is 13.4. The Kier molecular flexibility index (Phi) is 5.24. The third-order valence-electron chi connectivity index (χ3n) is 5.61. The lowest BCUT2D eigenvalue weighted by molar-refractivity contribution is -0.930. The fraction of sp³-hybridized carbons (Fsp3) is 0.409. The summed E-state index contributed by atoms with van der Waals surface area (Å²) in [6.45, 7) is 13.2. The van der Waals surface area contributed by atoms with Crippen LogP contribution >= 0.6 is 0 Å². The van der Waals surface area contributed by atoms with Crippen LogP contribution in [-0.2, 0) is 0 Å². The lowest BCUT2D eigenvalue weighted by atomic mass is 9.98. The molecule has 1 fully saturated rings. The summed E-state index contributed by atoms with van der Waals surface area (Å²) in [4.78, 5) is 15.0. The number of aryl methyl sites for hydroxylation is 3. The smallest absolute Gasteiger partial charge is 0.150 e. The number of piperazine rings is 1. The van der Waals surface area contributed by atoms with E-state index in [2.05, 4.69) is 56.9 Å². The van der Waals surface area contributed by atoms with Crippen molar-refractivity contribution < 1.29 is 9.69 Å². The van der Waals surface area contributed by atoms with E-state index in [4.69, 9.17) is 0 Å². The molecule has 2 aromatic carbocycles. The first-order chi connectivity index (χ1) is 12.0. The molecular weight excluding hydrogens is 308 g/mol. The van der Waals surface area contributed by atoms with Gasteiger partial charge in [-0.2, -0.15) is 0 Å². The van der Waals surface area contributed by atoms with Gasteiger partial charge in [0.25, 0.3) is 0 Å². The molecule has 1 saturated heterocycles. The van der Waals surface area contributed by atoms with Gasteiger partial charge in [0.15, 0.2) is 0 Å². The minimum atomic E-state index is 0.529. The van der Waals surface area contributed by atoms with Gasteiger partial charge in [-0.3, -0.25) is 4.79 Å². The van der Waals surface area contributed by atoms with E-state index in [0.29, 0.717) is 6.04 Å². The molecule has 0 unspecified atom stereocenters. The van der Waals surface area contributed by atoms with E-state index in [0.717, 1.165) is 38.0 Å². The molecule has 1 heterocycles. The number of quaternary nitrogens is 1. The van der Waals surface area contributed by atoms with Crippen molar-refractivity contribution in [2.24, 2.45) is 0 Å². The van der Waals surface area contributed by atoms with Crippen LogP contribution < -0.4 is 9.80 Å². The predicted molar refractivity (Wildman–Crippen MR) is 104 cm³/mol. The molecule has 1 aliphatic rings. The maximum Gasteiger partial charge on any atom is 0.150 e. The maximum atomic E-state index is 10.9. The van der Waals surface area contributed by atoms with Gasteiger partial charge in [-0.15, -0.1) is 0 Å². The highest BCUT2D eigenvalue weighted by Crippen LogP contribution is 2.22. The van der Waals surface area contributed by atoms with Gasteiger partial charge in [-0.25, -0.2) is 0 Å². The predicted octanol–water partition coefficient (Wildman–Crippen LogP) is 2.89. The molecule has 1 N–H and O–H groups in total. The number of nitrogens with one attached hydrogen (secondary N) is 1. The third-order valence-corrected chi connectivity index (χ3v) is 5.61. The number of anilines is 1. The second-order valence-electron chi connectivity index (χ2n) is 7.39. The monoisotopic (exact) mass is 337 g/mol. The van der Waals surface area contributed by atoms with E-state index in [1.54, 1.807) is 4.90 Å². The highest BCUT2D eigenvalue weighted by Gasteiger charge is 2.27. The Bertz CT molecular complexity index is 761. The van der Waals surface area contributed by atoms with E-state index in [1.165, 1.54) is 27.9 Å². The fourth-order valence-corrected chi connectivity index (χ4v) is 4.11. The van der Waals surface area contributed by atoms with E-state index in [1.807, 2.05) is 12.1 Å². The SMILES string of the molecule is Cc1ccc([C@H](C)[NH+]2CCN(c3ccc(C=O)cc3C)CC2)c(C)c1. The standard InChI is InChI=1S/C22H28N2O/c1-16-5-7-21(17(2)13-16)19(4)23-9-11-24(12-10-23)22-8-6-20(15-25)14-18(22)3/h5-8,13-15,19H,9-12H2,1-4H3/p+1/t19-/m0/s1. The second-order valence-corrected chi connectivity index (χ2v) is 7.39. The van der Waals surface area contributed by atoms with Crippen molar-refractivity contribution >= 4 is 12.0 Å². The van der Waals surface area contributed by atoms with E-state index in [9.17, 15) is 4.79 Å². The molecular formula is C22H29N2O+. The van der Waals surface area contributed by atoms with Crippen LogP contribution in [0.5, 0.6) is 0 Å². The van der Waals surface area contributed by atoms with Gasteiger partial charge in [-0.05, 0) is 57.0 Å². The summed E-state index contributed by atoms with van der Waals surface area (Å²) >= 11 is 0. The minimum absolute atomic E-state index is 0.529. The molecule has 0 amide bonds. The van der Waals surface area contributed by atoms with E-state index < -0.39 is 0 Å². The van der Waals surface area contributed by atoms with Crippen molar-refractivity contribution in [2.45, 2.75) is 33.7 Å². The van der Waals surface area contributed by atoms with Gasteiger partial charge < -0.3 is 9.80 Å². The zero-order chi connectivity index (χ0) is 18.0. The largest absolute Gasteiger partial charge is 0.360 e. The molecule has 3 nitrogen and oxygen atoms in total. The van der Waals surface area contributed by atoms with Crippen molar-refractivity contribution in [2.75, 3.05) is 31.1 Å². The van der Waals surface area contributed by atoms with Crippen LogP contribution in [0.1, 0.15) is 45.6 Å². The Morgan fingerprint density at radius 2 is 1.72 bits per heavy atom. The summed E-state index contributed by atoms with van der Waals surface area (Å²) in [7, 11) is 0. The zero-order valence-electron chi connectivity index (χ0n) is 15.8. The molecule has 0 aliphatic carbocycles. The third kappa shape index (κ3) is 3.77. The summed E-state index contributed by atoms with van der Waals surface area (Å²) in [6.07, 6.45) is 0.921. The Morgan fingerprint density at radius 3 is 2.32 bits per heavy atom. The van der Waals surface area contributed by atoms with Gasteiger partial charge in [0.2, 0.25) is 0 Å². The van der Waals surface area contributed by atoms with Crippen molar-refractivity contribution in [3.05, 3.63) is 64.2 Å². The average molecular weight is 337 g/mol. The second kappa shape index (κ2) is 7.40. The van der Waals surface area contributed by atoms with Crippen LogP contribution in [-0.4, -0.2) is 32.5 Å².